The van der Waals surface area contributed by atoms with Crippen LogP contribution in [0.15, 0.2) is 4.52 Å². The van der Waals surface area contributed by atoms with Crippen LogP contribution in [0.5, 0.6) is 0 Å². The lowest BCUT2D eigenvalue weighted by Crippen LogP contribution is -2.44. The zero-order valence-corrected chi connectivity index (χ0v) is 11.3. The summed E-state index contributed by atoms with van der Waals surface area (Å²) in [6.07, 6.45) is 4.24. The van der Waals surface area contributed by atoms with E-state index in [0.29, 0.717) is 18.1 Å². The summed E-state index contributed by atoms with van der Waals surface area (Å²) in [5.41, 5.74) is 5.66. The summed E-state index contributed by atoms with van der Waals surface area (Å²) in [7, 11) is 0. The molecule has 7 heteroatoms. The maximum absolute atomic E-state index is 11.3. The molecule has 18 heavy (non-hydrogen) atoms. The Hall–Kier alpha value is -1.14. The molecule has 1 fully saturated rings. The molecule has 0 saturated heterocycles. The van der Waals surface area contributed by atoms with Crippen molar-refractivity contribution in [3.05, 3.63) is 11.7 Å². The fourth-order valence-electron chi connectivity index (χ4n) is 1.80. The van der Waals surface area contributed by atoms with Gasteiger partial charge in [0.2, 0.25) is 11.8 Å². The summed E-state index contributed by atoms with van der Waals surface area (Å²) in [5.74, 6) is 0.975. The maximum Gasteiger partial charge on any atom is 0.246 e. The van der Waals surface area contributed by atoms with E-state index in [-0.39, 0.29) is 24.9 Å². The summed E-state index contributed by atoms with van der Waals surface area (Å²) in [4.78, 5) is 15.5. The molecule has 0 aliphatic heterocycles. The Morgan fingerprint density at radius 2 is 2.28 bits per heavy atom. The third-order valence-electron chi connectivity index (χ3n) is 3.07. The normalized spacial score (nSPS) is 16.6. The second-order valence-corrected chi connectivity index (χ2v) is 4.55. The number of carbonyl (C=O) groups excluding carboxylic acids is 1. The molecule has 1 aromatic heterocycles. The summed E-state index contributed by atoms with van der Waals surface area (Å²) < 4.78 is 5.06. The quantitative estimate of drug-likeness (QED) is 0.843. The SMILES string of the molecule is CCCC(=O)NCc1nc(C2(N)CCC2)no1.Cl. The summed E-state index contributed by atoms with van der Waals surface area (Å²) in [5, 5.41) is 6.60. The molecular weight excluding hydrogens is 256 g/mol. The largest absolute Gasteiger partial charge is 0.347 e. The number of nitrogens with one attached hydrogen (secondary N) is 1. The van der Waals surface area contributed by atoms with Crippen molar-refractivity contribution >= 4 is 18.3 Å². The number of halogens is 1. The van der Waals surface area contributed by atoms with Gasteiger partial charge in [0, 0.05) is 6.42 Å². The molecule has 3 N–H and O–H groups in total. The van der Waals surface area contributed by atoms with Crippen molar-refractivity contribution in [3.63, 3.8) is 0 Å². The van der Waals surface area contributed by atoms with Gasteiger partial charge >= 0.3 is 0 Å². The highest BCUT2D eigenvalue weighted by Gasteiger charge is 2.38. The van der Waals surface area contributed by atoms with Crippen molar-refractivity contribution in [1.82, 2.24) is 15.5 Å². The molecule has 0 bridgehead atoms. The lowest BCUT2D eigenvalue weighted by atomic mass is 9.77. The van der Waals surface area contributed by atoms with E-state index in [2.05, 4.69) is 15.5 Å². The molecule has 0 unspecified atom stereocenters. The topological polar surface area (TPSA) is 94.0 Å². The van der Waals surface area contributed by atoms with Crippen LogP contribution in [0, 0.1) is 0 Å². The molecule has 2 rings (SSSR count). The predicted molar refractivity (Wildman–Crippen MR) is 68.0 cm³/mol. The van der Waals surface area contributed by atoms with E-state index >= 15 is 0 Å². The molecule has 1 aromatic rings. The van der Waals surface area contributed by atoms with Crippen molar-refractivity contribution in [3.8, 4) is 0 Å². The molecule has 0 atom stereocenters. The Morgan fingerprint density at radius 3 is 2.83 bits per heavy atom. The lowest BCUT2D eigenvalue weighted by Gasteiger charge is -2.34. The molecule has 1 aliphatic rings. The highest BCUT2D eigenvalue weighted by atomic mass is 35.5. The fourth-order valence-corrected chi connectivity index (χ4v) is 1.80. The van der Waals surface area contributed by atoms with Gasteiger partial charge < -0.3 is 15.6 Å². The van der Waals surface area contributed by atoms with Crippen LogP contribution in [0.4, 0.5) is 0 Å². The van der Waals surface area contributed by atoms with Crippen molar-refractivity contribution in [2.45, 2.75) is 51.1 Å². The number of rotatable bonds is 5. The van der Waals surface area contributed by atoms with Gasteiger partial charge in [0.15, 0.2) is 5.82 Å². The first kappa shape index (κ1) is 14.9. The van der Waals surface area contributed by atoms with Crippen LogP contribution in [-0.4, -0.2) is 16.0 Å². The van der Waals surface area contributed by atoms with E-state index in [1.54, 1.807) is 0 Å². The Kier molecular flexibility index (Phi) is 5.10. The molecule has 6 nitrogen and oxygen atoms in total. The smallest absolute Gasteiger partial charge is 0.246 e. The van der Waals surface area contributed by atoms with Crippen LogP contribution in [0.1, 0.15) is 50.7 Å². The minimum absolute atomic E-state index is 0. The van der Waals surface area contributed by atoms with E-state index < -0.39 is 5.54 Å². The highest BCUT2D eigenvalue weighted by Crippen LogP contribution is 2.36. The van der Waals surface area contributed by atoms with Gasteiger partial charge in [-0.25, -0.2) is 0 Å². The standard InChI is InChI=1S/C11H18N4O2.ClH/c1-2-4-8(16)13-7-9-14-10(15-17-9)11(12)5-3-6-11;/h2-7,12H2,1H3,(H,13,16);1H. The molecule has 0 radical (unpaired) electrons. The van der Waals surface area contributed by atoms with Crippen LogP contribution in [-0.2, 0) is 16.9 Å². The Balaban J connectivity index is 0.00000162. The third-order valence-corrected chi connectivity index (χ3v) is 3.07. The van der Waals surface area contributed by atoms with Crippen molar-refractivity contribution in [1.29, 1.82) is 0 Å². The minimum Gasteiger partial charge on any atom is -0.347 e. The van der Waals surface area contributed by atoms with Gasteiger partial charge in [-0.15, -0.1) is 12.4 Å². The van der Waals surface area contributed by atoms with Crippen molar-refractivity contribution < 1.29 is 9.32 Å². The second kappa shape index (κ2) is 6.15. The lowest BCUT2D eigenvalue weighted by molar-refractivity contribution is -0.121. The first-order chi connectivity index (χ1) is 8.14. The van der Waals surface area contributed by atoms with Gasteiger partial charge in [-0.1, -0.05) is 12.1 Å². The van der Waals surface area contributed by atoms with Gasteiger partial charge in [0.05, 0.1) is 12.1 Å². The number of carbonyl (C=O) groups is 1. The van der Waals surface area contributed by atoms with Crippen LogP contribution in [0.25, 0.3) is 0 Å². The van der Waals surface area contributed by atoms with Crippen LogP contribution in [0.2, 0.25) is 0 Å². The number of hydrogen-bond acceptors (Lipinski definition) is 5. The minimum atomic E-state index is -0.408. The van der Waals surface area contributed by atoms with Gasteiger partial charge in [-0.3, -0.25) is 4.79 Å². The molecule has 0 aromatic carbocycles. The third kappa shape index (κ3) is 3.20. The predicted octanol–water partition coefficient (Wildman–Crippen LogP) is 1.25. The summed E-state index contributed by atoms with van der Waals surface area (Å²) in [6, 6.07) is 0. The Bertz CT molecular complexity index is 404. The molecular formula is C11H19ClN4O2. The van der Waals surface area contributed by atoms with Gasteiger partial charge in [0.25, 0.3) is 0 Å². The molecule has 1 amide bonds. The Morgan fingerprint density at radius 1 is 1.56 bits per heavy atom. The van der Waals surface area contributed by atoms with E-state index in [9.17, 15) is 4.79 Å². The fraction of sp³-hybridized carbons (Fsp3) is 0.727. The van der Waals surface area contributed by atoms with E-state index in [1.165, 1.54) is 0 Å². The summed E-state index contributed by atoms with van der Waals surface area (Å²) >= 11 is 0. The molecule has 1 heterocycles. The second-order valence-electron chi connectivity index (χ2n) is 4.55. The number of nitrogens with two attached hydrogens (primary N) is 1. The Labute approximate surface area is 112 Å². The van der Waals surface area contributed by atoms with E-state index in [4.69, 9.17) is 10.3 Å². The van der Waals surface area contributed by atoms with Crippen molar-refractivity contribution in [2.24, 2.45) is 5.73 Å². The average molecular weight is 275 g/mol. The van der Waals surface area contributed by atoms with Gasteiger partial charge in [-0.05, 0) is 25.7 Å². The molecule has 0 spiro atoms. The number of hydrogen-bond donors (Lipinski definition) is 2. The maximum atomic E-state index is 11.3. The summed E-state index contributed by atoms with van der Waals surface area (Å²) in [6.45, 7) is 2.24. The van der Waals surface area contributed by atoms with Crippen LogP contribution < -0.4 is 11.1 Å². The van der Waals surface area contributed by atoms with E-state index in [1.807, 2.05) is 6.92 Å². The monoisotopic (exact) mass is 274 g/mol. The van der Waals surface area contributed by atoms with Gasteiger partial charge in [0.1, 0.15) is 0 Å². The first-order valence-electron chi connectivity index (χ1n) is 6.03. The van der Waals surface area contributed by atoms with E-state index in [0.717, 1.165) is 25.7 Å². The zero-order chi connectivity index (χ0) is 12.3. The van der Waals surface area contributed by atoms with Crippen molar-refractivity contribution in [2.75, 3.05) is 0 Å². The number of amides is 1. The zero-order valence-electron chi connectivity index (χ0n) is 10.4. The first-order valence-corrected chi connectivity index (χ1v) is 6.03. The van der Waals surface area contributed by atoms with Crippen LogP contribution >= 0.6 is 12.4 Å². The van der Waals surface area contributed by atoms with Gasteiger partial charge in [-0.2, -0.15) is 4.98 Å². The molecule has 1 saturated carbocycles. The van der Waals surface area contributed by atoms with Crippen LogP contribution in [0.3, 0.4) is 0 Å². The molecule has 1 aliphatic carbocycles. The number of nitrogens with zero attached hydrogens (tertiary/aromatic N) is 2. The molecule has 102 valence electrons. The highest BCUT2D eigenvalue weighted by molar-refractivity contribution is 5.85. The number of aromatic nitrogens is 2. The average Bonchev–Trinajstić information content (AvgIpc) is 2.72.